The fourth-order valence-corrected chi connectivity index (χ4v) is 1.14. The lowest BCUT2D eigenvalue weighted by molar-refractivity contribution is -0.120. The number of amides is 1. The molecular weight excluding hydrogens is 216 g/mol. The van der Waals surface area contributed by atoms with Gasteiger partial charge in [0.1, 0.15) is 6.61 Å². The van der Waals surface area contributed by atoms with Crippen molar-refractivity contribution in [1.82, 2.24) is 0 Å². The van der Waals surface area contributed by atoms with E-state index >= 15 is 0 Å². The summed E-state index contributed by atoms with van der Waals surface area (Å²) in [5.74, 6) is -0.209. The third-order valence-corrected chi connectivity index (χ3v) is 1.98. The molecule has 0 fully saturated rings. The standard InChI is InChI=1S/C13H14N2O2/c1-2-3-8-17-10-13(16)15-12-6-4-11(9-14)5-7-12/h2-7H,8,10H2,1H3,(H,15,16). The average Bonchev–Trinajstić information content (AvgIpc) is 2.36. The van der Waals surface area contributed by atoms with Gasteiger partial charge in [-0.2, -0.15) is 5.26 Å². The Bertz CT molecular complexity index is 430. The molecule has 1 amide bonds. The minimum absolute atomic E-state index is 0.0182. The quantitative estimate of drug-likeness (QED) is 0.622. The van der Waals surface area contributed by atoms with Crippen LogP contribution in [0.3, 0.4) is 0 Å². The first-order valence-electron chi connectivity index (χ1n) is 5.25. The van der Waals surface area contributed by atoms with Crippen LogP contribution in [0.5, 0.6) is 0 Å². The maximum Gasteiger partial charge on any atom is 0.250 e. The van der Waals surface area contributed by atoms with Crippen molar-refractivity contribution in [2.24, 2.45) is 0 Å². The van der Waals surface area contributed by atoms with E-state index in [1.807, 2.05) is 25.1 Å². The first kappa shape index (κ1) is 12.9. The normalized spacial score (nSPS) is 10.1. The second kappa shape index (κ2) is 7.20. The maximum absolute atomic E-state index is 11.4. The number of ether oxygens (including phenoxy) is 1. The van der Waals surface area contributed by atoms with Crippen molar-refractivity contribution in [1.29, 1.82) is 5.26 Å². The molecule has 0 radical (unpaired) electrons. The lowest BCUT2D eigenvalue weighted by Crippen LogP contribution is -2.18. The fraction of sp³-hybridized carbons (Fsp3) is 0.231. The van der Waals surface area contributed by atoms with E-state index in [1.54, 1.807) is 24.3 Å². The van der Waals surface area contributed by atoms with Crippen molar-refractivity contribution in [3.05, 3.63) is 42.0 Å². The molecule has 0 aliphatic rings. The summed E-state index contributed by atoms with van der Waals surface area (Å²) < 4.78 is 5.10. The molecule has 1 aromatic rings. The number of carbonyl (C=O) groups excluding carboxylic acids is 1. The van der Waals surface area contributed by atoms with Crippen molar-refractivity contribution in [3.63, 3.8) is 0 Å². The van der Waals surface area contributed by atoms with Crippen LogP contribution in [0.15, 0.2) is 36.4 Å². The van der Waals surface area contributed by atoms with E-state index in [9.17, 15) is 4.79 Å². The third kappa shape index (κ3) is 4.96. The summed E-state index contributed by atoms with van der Waals surface area (Å²) in [7, 11) is 0. The molecule has 1 N–H and O–H groups in total. The SMILES string of the molecule is CC=CCOCC(=O)Nc1ccc(C#N)cc1. The van der Waals surface area contributed by atoms with E-state index in [2.05, 4.69) is 5.32 Å². The molecular formula is C13H14N2O2. The Balaban J connectivity index is 2.37. The molecule has 0 atom stereocenters. The fourth-order valence-electron chi connectivity index (χ4n) is 1.14. The molecule has 0 aliphatic heterocycles. The van der Waals surface area contributed by atoms with Gasteiger partial charge in [-0.15, -0.1) is 0 Å². The molecule has 0 aliphatic carbocycles. The Morgan fingerprint density at radius 2 is 2.18 bits per heavy atom. The van der Waals surface area contributed by atoms with Crippen molar-refractivity contribution in [2.45, 2.75) is 6.92 Å². The largest absolute Gasteiger partial charge is 0.368 e. The van der Waals surface area contributed by atoms with Gasteiger partial charge in [-0.25, -0.2) is 0 Å². The second-order valence-corrected chi connectivity index (χ2v) is 3.32. The van der Waals surface area contributed by atoms with Crippen LogP contribution < -0.4 is 5.32 Å². The number of nitrogens with one attached hydrogen (secondary N) is 1. The van der Waals surface area contributed by atoms with E-state index < -0.39 is 0 Å². The van der Waals surface area contributed by atoms with E-state index in [1.165, 1.54) is 0 Å². The van der Waals surface area contributed by atoms with Gasteiger partial charge in [0.2, 0.25) is 5.91 Å². The number of hydrogen-bond acceptors (Lipinski definition) is 3. The predicted molar refractivity (Wildman–Crippen MR) is 65.4 cm³/mol. The van der Waals surface area contributed by atoms with Crippen LogP contribution in [0.4, 0.5) is 5.69 Å². The number of carbonyl (C=O) groups is 1. The summed E-state index contributed by atoms with van der Waals surface area (Å²) in [6.07, 6.45) is 3.69. The number of nitriles is 1. The molecule has 4 heteroatoms. The van der Waals surface area contributed by atoms with E-state index in [-0.39, 0.29) is 12.5 Å². The average molecular weight is 230 g/mol. The topological polar surface area (TPSA) is 62.1 Å². The lowest BCUT2D eigenvalue weighted by atomic mass is 10.2. The van der Waals surface area contributed by atoms with Gasteiger partial charge in [-0.05, 0) is 31.2 Å². The van der Waals surface area contributed by atoms with Gasteiger partial charge >= 0.3 is 0 Å². The van der Waals surface area contributed by atoms with Crippen LogP contribution in [0.2, 0.25) is 0 Å². The van der Waals surface area contributed by atoms with Crippen LogP contribution in [0.25, 0.3) is 0 Å². The lowest BCUT2D eigenvalue weighted by Gasteiger charge is -2.04. The van der Waals surface area contributed by atoms with Crippen LogP contribution in [0.1, 0.15) is 12.5 Å². The molecule has 0 saturated heterocycles. The monoisotopic (exact) mass is 230 g/mol. The van der Waals surface area contributed by atoms with Crippen LogP contribution in [0, 0.1) is 11.3 Å². The highest BCUT2D eigenvalue weighted by atomic mass is 16.5. The van der Waals surface area contributed by atoms with Crippen molar-refractivity contribution < 1.29 is 9.53 Å². The van der Waals surface area contributed by atoms with Crippen molar-refractivity contribution in [3.8, 4) is 6.07 Å². The van der Waals surface area contributed by atoms with E-state index in [4.69, 9.17) is 10.00 Å². The van der Waals surface area contributed by atoms with Gasteiger partial charge in [-0.1, -0.05) is 12.2 Å². The van der Waals surface area contributed by atoms with Crippen LogP contribution >= 0.6 is 0 Å². The number of anilines is 1. The van der Waals surface area contributed by atoms with Gasteiger partial charge in [0, 0.05) is 5.69 Å². The predicted octanol–water partition coefficient (Wildman–Crippen LogP) is 2.09. The summed E-state index contributed by atoms with van der Waals surface area (Å²) in [5, 5.41) is 11.3. The van der Waals surface area contributed by atoms with Crippen molar-refractivity contribution >= 4 is 11.6 Å². The van der Waals surface area contributed by atoms with E-state index in [0.29, 0.717) is 17.9 Å². The second-order valence-electron chi connectivity index (χ2n) is 3.32. The number of benzene rings is 1. The molecule has 1 aromatic carbocycles. The molecule has 0 unspecified atom stereocenters. The van der Waals surface area contributed by atoms with E-state index in [0.717, 1.165) is 0 Å². The smallest absolute Gasteiger partial charge is 0.250 e. The molecule has 0 spiro atoms. The van der Waals surface area contributed by atoms with Gasteiger partial charge < -0.3 is 10.1 Å². The van der Waals surface area contributed by atoms with Crippen molar-refractivity contribution in [2.75, 3.05) is 18.5 Å². The molecule has 4 nitrogen and oxygen atoms in total. The zero-order valence-corrected chi connectivity index (χ0v) is 9.64. The molecule has 0 heterocycles. The molecule has 0 bridgehead atoms. The first-order chi connectivity index (χ1) is 8.26. The van der Waals surface area contributed by atoms with Gasteiger partial charge in [0.25, 0.3) is 0 Å². The highest BCUT2D eigenvalue weighted by Crippen LogP contribution is 2.08. The van der Waals surface area contributed by atoms with Gasteiger partial charge in [-0.3, -0.25) is 4.79 Å². The maximum atomic E-state index is 11.4. The highest BCUT2D eigenvalue weighted by molar-refractivity contribution is 5.91. The Labute approximate surface area is 101 Å². The summed E-state index contributed by atoms with van der Waals surface area (Å²) in [6, 6.07) is 8.67. The Kier molecular flexibility index (Phi) is 5.49. The first-order valence-corrected chi connectivity index (χ1v) is 5.25. The van der Waals surface area contributed by atoms with Gasteiger partial charge in [0.05, 0.1) is 18.2 Å². The number of rotatable bonds is 5. The molecule has 88 valence electrons. The summed E-state index contributed by atoms with van der Waals surface area (Å²) in [5.41, 5.74) is 1.22. The molecule has 1 rings (SSSR count). The van der Waals surface area contributed by atoms with Crippen LogP contribution in [-0.4, -0.2) is 19.1 Å². The molecule has 0 aromatic heterocycles. The zero-order valence-electron chi connectivity index (χ0n) is 9.64. The van der Waals surface area contributed by atoms with Gasteiger partial charge in [0.15, 0.2) is 0 Å². The Morgan fingerprint density at radius 3 is 2.76 bits per heavy atom. The number of allylic oxidation sites excluding steroid dienone is 1. The highest BCUT2D eigenvalue weighted by Gasteiger charge is 2.01. The molecule has 17 heavy (non-hydrogen) atoms. The zero-order chi connectivity index (χ0) is 12.5. The summed E-state index contributed by atoms with van der Waals surface area (Å²) in [4.78, 5) is 11.4. The molecule has 0 saturated carbocycles. The number of nitrogens with zero attached hydrogens (tertiary/aromatic N) is 1. The minimum atomic E-state index is -0.209. The Hall–Kier alpha value is -2.12. The Morgan fingerprint density at radius 1 is 1.47 bits per heavy atom. The summed E-state index contributed by atoms with van der Waals surface area (Å²) in [6.45, 7) is 2.34. The summed E-state index contributed by atoms with van der Waals surface area (Å²) >= 11 is 0. The third-order valence-electron chi connectivity index (χ3n) is 1.98. The number of hydrogen-bond donors (Lipinski definition) is 1. The van der Waals surface area contributed by atoms with Crippen LogP contribution in [-0.2, 0) is 9.53 Å². The minimum Gasteiger partial charge on any atom is -0.368 e.